The van der Waals surface area contributed by atoms with Crippen LogP contribution in [0.25, 0.3) is 0 Å². The Morgan fingerprint density at radius 3 is 2.38 bits per heavy atom. The van der Waals surface area contributed by atoms with E-state index in [1.807, 2.05) is 12.2 Å². The molecule has 0 radical (unpaired) electrons. The van der Waals surface area contributed by atoms with Crippen LogP contribution >= 0.6 is 23.5 Å². The highest BCUT2D eigenvalue weighted by Crippen LogP contribution is 2.14. The molecule has 0 bridgehead atoms. The standard InChI is InChI=1S/C10H14OS2/c1-3-6-12-8-5-10(9-11)13-7-4-2/h3-5,9H,1-2,6-8H2. The number of hydrogen-bond donors (Lipinski definition) is 0. The molecule has 0 N–H and O–H groups in total. The fourth-order valence-corrected chi connectivity index (χ4v) is 1.87. The Morgan fingerprint density at radius 1 is 1.15 bits per heavy atom. The number of aldehydes is 1. The summed E-state index contributed by atoms with van der Waals surface area (Å²) in [4.78, 5) is 11.3. The number of allylic oxidation sites excluding steroid dienone is 1. The molecule has 0 aromatic carbocycles. The minimum absolute atomic E-state index is 0.788. The Balaban J connectivity index is 3.70. The second kappa shape index (κ2) is 9.68. The van der Waals surface area contributed by atoms with Gasteiger partial charge in [0.25, 0.3) is 0 Å². The maximum atomic E-state index is 10.5. The van der Waals surface area contributed by atoms with Gasteiger partial charge in [0, 0.05) is 22.2 Å². The van der Waals surface area contributed by atoms with Crippen molar-refractivity contribution in [3.63, 3.8) is 0 Å². The zero-order chi connectivity index (χ0) is 9.94. The summed E-state index contributed by atoms with van der Waals surface area (Å²) in [5, 5.41) is 0. The molecule has 1 nitrogen and oxygen atoms in total. The van der Waals surface area contributed by atoms with Gasteiger partial charge < -0.3 is 0 Å². The van der Waals surface area contributed by atoms with Gasteiger partial charge in [0.05, 0.1) is 0 Å². The maximum Gasteiger partial charge on any atom is 0.156 e. The zero-order valence-electron chi connectivity index (χ0n) is 7.57. The van der Waals surface area contributed by atoms with E-state index in [4.69, 9.17) is 0 Å². The van der Waals surface area contributed by atoms with E-state index in [1.165, 1.54) is 11.8 Å². The van der Waals surface area contributed by atoms with E-state index in [0.29, 0.717) is 0 Å². The van der Waals surface area contributed by atoms with Crippen LogP contribution in [0.2, 0.25) is 0 Å². The van der Waals surface area contributed by atoms with Gasteiger partial charge in [-0.2, -0.15) is 11.8 Å². The summed E-state index contributed by atoms with van der Waals surface area (Å²) in [7, 11) is 0. The fraction of sp³-hybridized carbons (Fsp3) is 0.300. The third-order valence-corrected chi connectivity index (χ3v) is 2.99. The van der Waals surface area contributed by atoms with Gasteiger partial charge in [-0.1, -0.05) is 18.2 Å². The molecule has 72 valence electrons. The first kappa shape index (κ1) is 12.6. The fourth-order valence-electron chi connectivity index (χ4n) is 0.589. The SMILES string of the molecule is C=CCSCC=C(C=O)SCC=C. The molecular weight excluding hydrogens is 200 g/mol. The third kappa shape index (κ3) is 7.94. The van der Waals surface area contributed by atoms with Crippen LogP contribution in [0.15, 0.2) is 36.3 Å². The Bertz CT molecular complexity index is 197. The van der Waals surface area contributed by atoms with E-state index in [2.05, 4.69) is 13.2 Å². The molecule has 0 amide bonds. The smallest absolute Gasteiger partial charge is 0.156 e. The largest absolute Gasteiger partial charge is 0.297 e. The molecule has 13 heavy (non-hydrogen) atoms. The summed E-state index contributed by atoms with van der Waals surface area (Å²) < 4.78 is 0. The van der Waals surface area contributed by atoms with Gasteiger partial charge in [0.2, 0.25) is 0 Å². The normalized spacial score (nSPS) is 10.9. The van der Waals surface area contributed by atoms with E-state index < -0.39 is 0 Å². The van der Waals surface area contributed by atoms with Gasteiger partial charge >= 0.3 is 0 Å². The van der Waals surface area contributed by atoms with E-state index in [0.717, 1.165) is 28.4 Å². The monoisotopic (exact) mass is 214 g/mol. The van der Waals surface area contributed by atoms with Crippen LogP contribution in [-0.2, 0) is 4.79 Å². The summed E-state index contributed by atoms with van der Waals surface area (Å²) in [5.74, 6) is 2.58. The molecule has 0 rings (SSSR count). The lowest BCUT2D eigenvalue weighted by atomic mass is 10.6. The molecule has 0 saturated heterocycles. The number of hydrogen-bond acceptors (Lipinski definition) is 3. The lowest BCUT2D eigenvalue weighted by molar-refractivity contribution is -0.104. The van der Waals surface area contributed by atoms with Crippen LogP contribution < -0.4 is 0 Å². The van der Waals surface area contributed by atoms with Gasteiger partial charge in [-0.15, -0.1) is 24.9 Å². The molecule has 0 heterocycles. The topological polar surface area (TPSA) is 17.1 Å². The molecule has 0 unspecified atom stereocenters. The van der Waals surface area contributed by atoms with Crippen molar-refractivity contribution in [2.24, 2.45) is 0 Å². The van der Waals surface area contributed by atoms with E-state index in [1.54, 1.807) is 17.8 Å². The van der Waals surface area contributed by atoms with Crippen molar-refractivity contribution in [2.75, 3.05) is 17.3 Å². The summed E-state index contributed by atoms with van der Waals surface area (Å²) in [6.45, 7) is 7.21. The molecule has 0 saturated carbocycles. The van der Waals surface area contributed by atoms with Crippen LogP contribution in [0.3, 0.4) is 0 Å². The van der Waals surface area contributed by atoms with Gasteiger partial charge in [-0.25, -0.2) is 0 Å². The minimum atomic E-state index is 0.788. The molecule has 0 aromatic heterocycles. The predicted molar refractivity (Wildman–Crippen MR) is 64.3 cm³/mol. The molecule has 0 aliphatic heterocycles. The van der Waals surface area contributed by atoms with E-state index in [-0.39, 0.29) is 0 Å². The Kier molecular flexibility index (Phi) is 9.37. The van der Waals surface area contributed by atoms with Gasteiger partial charge in [0.15, 0.2) is 6.29 Å². The van der Waals surface area contributed by atoms with Crippen molar-refractivity contribution in [1.29, 1.82) is 0 Å². The van der Waals surface area contributed by atoms with Crippen molar-refractivity contribution < 1.29 is 4.79 Å². The van der Waals surface area contributed by atoms with Crippen LogP contribution in [0.5, 0.6) is 0 Å². The van der Waals surface area contributed by atoms with Crippen molar-refractivity contribution in [1.82, 2.24) is 0 Å². The van der Waals surface area contributed by atoms with Crippen molar-refractivity contribution in [3.8, 4) is 0 Å². The quantitative estimate of drug-likeness (QED) is 0.268. The van der Waals surface area contributed by atoms with Gasteiger partial charge in [-0.05, 0) is 0 Å². The van der Waals surface area contributed by atoms with E-state index in [9.17, 15) is 4.79 Å². The highest BCUT2D eigenvalue weighted by Gasteiger charge is 1.93. The minimum Gasteiger partial charge on any atom is -0.297 e. The average Bonchev–Trinajstić information content (AvgIpc) is 2.17. The molecular formula is C10H14OS2. The van der Waals surface area contributed by atoms with Crippen molar-refractivity contribution >= 4 is 29.8 Å². The highest BCUT2D eigenvalue weighted by molar-refractivity contribution is 8.04. The van der Waals surface area contributed by atoms with Crippen LogP contribution in [0.1, 0.15) is 0 Å². The van der Waals surface area contributed by atoms with Crippen LogP contribution in [-0.4, -0.2) is 23.5 Å². The highest BCUT2D eigenvalue weighted by atomic mass is 32.2. The van der Waals surface area contributed by atoms with E-state index >= 15 is 0 Å². The Morgan fingerprint density at radius 2 is 1.85 bits per heavy atom. The van der Waals surface area contributed by atoms with Crippen LogP contribution in [0, 0.1) is 0 Å². The molecule has 0 spiro atoms. The molecule has 0 fully saturated rings. The second-order valence-electron chi connectivity index (χ2n) is 2.15. The average molecular weight is 214 g/mol. The second-order valence-corrected chi connectivity index (χ2v) is 4.32. The summed E-state index contributed by atoms with van der Waals surface area (Å²) in [6, 6.07) is 0. The molecule has 3 heteroatoms. The van der Waals surface area contributed by atoms with Crippen molar-refractivity contribution in [2.45, 2.75) is 0 Å². The predicted octanol–water partition coefficient (Wildman–Crippen LogP) is 2.91. The lowest BCUT2D eigenvalue weighted by Gasteiger charge is -1.96. The van der Waals surface area contributed by atoms with Crippen molar-refractivity contribution in [3.05, 3.63) is 36.3 Å². The Labute approximate surface area is 88.4 Å². The van der Waals surface area contributed by atoms with Crippen LogP contribution in [0.4, 0.5) is 0 Å². The number of carbonyl (C=O) groups excluding carboxylic acids is 1. The van der Waals surface area contributed by atoms with Gasteiger partial charge in [-0.3, -0.25) is 4.79 Å². The first-order chi connectivity index (χ1) is 6.35. The molecule has 0 aliphatic carbocycles. The third-order valence-electron chi connectivity index (χ3n) is 1.12. The Hall–Kier alpha value is -0.410. The molecule has 0 atom stereocenters. The summed E-state index contributed by atoms with van der Waals surface area (Å²) >= 11 is 3.25. The lowest BCUT2D eigenvalue weighted by Crippen LogP contribution is -1.83. The first-order valence-corrected chi connectivity index (χ1v) is 6.06. The number of rotatable bonds is 8. The molecule has 0 aliphatic rings. The summed E-state index contributed by atoms with van der Waals surface area (Å²) in [6.07, 6.45) is 6.48. The summed E-state index contributed by atoms with van der Waals surface area (Å²) in [5.41, 5.74) is 0. The van der Waals surface area contributed by atoms with Gasteiger partial charge in [0.1, 0.15) is 0 Å². The number of carbonyl (C=O) groups is 1. The zero-order valence-corrected chi connectivity index (χ0v) is 9.20. The first-order valence-electron chi connectivity index (χ1n) is 3.92. The molecule has 0 aromatic rings. The maximum absolute atomic E-state index is 10.5. The number of thioether (sulfide) groups is 2.